The highest BCUT2D eigenvalue weighted by atomic mass is 16.5. The van der Waals surface area contributed by atoms with Gasteiger partial charge in [0.2, 0.25) is 5.75 Å². The van der Waals surface area contributed by atoms with Crippen molar-refractivity contribution in [2.75, 3.05) is 54.1 Å². The summed E-state index contributed by atoms with van der Waals surface area (Å²) in [5.41, 5.74) is 6.73. The molecule has 1 amide bonds. The van der Waals surface area contributed by atoms with E-state index in [-0.39, 0.29) is 18.1 Å². The standard InChI is InChI=1S/C20H31N3O5/c1-25-17-10-14(11-18(26-2)19(17)27-3)13-22-6-8-23(9-7-22)20(24)16-5-4-15(12-21)28-16/h10-11,15-16H,4-9,12-13,21H2,1-3H3/t15-,16+/m1/s1. The molecule has 0 aromatic heterocycles. The van der Waals surface area contributed by atoms with Gasteiger partial charge in [-0.05, 0) is 30.5 Å². The van der Waals surface area contributed by atoms with Crippen LogP contribution in [0.25, 0.3) is 0 Å². The van der Waals surface area contributed by atoms with Crippen LogP contribution in [0.2, 0.25) is 0 Å². The van der Waals surface area contributed by atoms with Crippen molar-refractivity contribution in [2.24, 2.45) is 5.73 Å². The molecular formula is C20H31N3O5. The van der Waals surface area contributed by atoms with Gasteiger partial charge in [0.05, 0.1) is 27.4 Å². The van der Waals surface area contributed by atoms with E-state index in [1.807, 2.05) is 17.0 Å². The molecule has 2 saturated heterocycles. The normalized spacial score (nSPS) is 22.9. The molecule has 8 heteroatoms. The Kier molecular flexibility index (Phi) is 6.98. The topological polar surface area (TPSA) is 86.5 Å². The van der Waals surface area contributed by atoms with Crippen LogP contribution in [0.15, 0.2) is 12.1 Å². The Balaban J connectivity index is 1.56. The van der Waals surface area contributed by atoms with Gasteiger partial charge in [0.1, 0.15) is 6.10 Å². The van der Waals surface area contributed by atoms with E-state index in [2.05, 4.69) is 4.90 Å². The first kappa shape index (κ1) is 20.7. The Bertz CT molecular complexity index is 651. The zero-order chi connectivity index (χ0) is 20.1. The van der Waals surface area contributed by atoms with Crippen molar-refractivity contribution in [2.45, 2.75) is 31.6 Å². The minimum absolute atomic E-state index is 0.0234. The van der Waals surface area contributed by atoms with Crippen LogP contribution < -0.4 is 19.9 Å². The van der Waals surface area contributed by atoms with Gasteiger partial charge in [0, 0.05) is 39.3 Å². The van der Waals surface area contributed by atoms with Gasteiger partial charge in [-0.3, -0.25) is 9.69 Å². The van der Waals surface area contributed by atoms with E-state index < -0.39 is 0 Å². The lowest BCUT2D eigenvalue weighted by molar-refractivity contribution is -0.144. The highest BCUT2D eigenvalue weighted by Crippen LogP contribution is 2.38. The first-order valence-electron chi connectivity index (χ1n) is 9.75. The Morgan fingerprint density at radius 3 is 2.21 bits per heavy atom. The van der Waals surface area contributed by atoms with Gasteiger partial charge >= 0.3 is 0 Å². The van der Waals surface area contributed by atoms with Crippen molar-refractivity contribution < 1.29 is 23.7 Å². The summed E-state index contributed by atoms with van der Waals surface area (Å²) in [5, 5.41) is 0. The van der Waals surface area contributed by atoms with E-state index in [1.54, 1.807) is 21.3 Å². The van der Waals surface area contributed by atoms with Crippen molar-refractivity contribution in [1.29, 1.82) is 0 Å². The van der Waals surface area contributed by atoms with Gasteiger partial charge in [-0.15, -0.1) is 0 Å². The third-order valence-electron chi connectivity index (χ3n) is 5.46. The Hall–Kier alpha value is -2.03. The van der Waals surface area contributed by atoms with Crippen LogP contribution in [0, 0.1) is 0 Å². The molecule has 2 aliphatic heterocycles. The lowest BCUT2D eigenvalue weighted by Gasteiger charge is -2.36. The second-order valence-corrected chi connectivity index (χ2v) is 7.19. The average molecular weight is 393 g/mol. The summed E-state index contributed by atoms with van der Waals surface area (Å²) in [5.74, 6) is 2.00. The Labute approximate surface area is 166 Å². The van der Waals surface area contributed by atoms with Crippen molar-refractivity contribution in [3.63, 3.8) is 0 Å². The van der Waals surface area contributed by atoms with Gasteiger partial charge in [-0.1, -0.05) is 0 Å². The van der Waals surface area contributed by atoms with E-state index in [9.17, 15) is 4.79 Å². The number of carbonyl (C=O) groups is 1. The fourth-order valence-corrected chi connectivity index (χ4v) is 3.88. The number of ether oxygens (including phenoxy) is 4. The number of rotatable bonds is 7. The van der Waals surface area contributed by atoms with Gasteiger partial charge in [-0.2, -0.15) is 0 Å². The van der Waals surface area contributed by atoms with Crippen molar-refractivity contribution >= 4 is 5.91 Å². The second kappa shape index (κ2) is 9.45. The smallest absolute Gasteiger partial charge is 0.251 e. The third kappa shape index (κ3) is 4.51. The summed E-state index contributed by atoms with van der Waals surface area (Å²) < 4.78 is 22.0. The zero-order valence-corrected chi connectivity index (χ0v) is 17.0. The van der Waals surface area contributed by atoms with Crippen LogP contribution in [0.5, 0.6) is 17.2 Å². The minimum Gasteiger partial charge on any atom is -0.493 e. The molecule has 2 aliphatic rings. The van der Waals surface area contributed by atoms with E-state index in [4.69, 9.17) is 24.7 Å². The summed E-state index contributed by atoms with van der Waals surface area (Å²) in [4.78, 5) is 16.9. The zero-order valence-electron chi connectivity index (χ0n) is 17.0. The summed E-state index contributed by atoms with van der Waals surface area (Å²) in [7, 11) is 4.83. The molecule has 2 atom stereocenters. The minimum atomic E-state index is -0.324. The molecule has 28 heavy (non-hydrogen) atoms. The third-order valence-corrected chi connectivity index (χ3v) is 5.46. The van der Waals surface area contributed by atoms with Crippen LogP contribution in [0.3, 0.4) is 0 Å². The van der Waals surface area contributed by atoms with Crippen LogP contribution >= 0.6 is 0 Å². The van der Waals surface area contributed by atoms with Crippen molar-refractivity contribution in [3.8, 4) is 17.2 Å². The van der Waals surface area contributed by atoms with Crippen molar-refractivity contribution in [1.82, 2.24) is 9.80 Å². The van der Waals surface area contributed by atoms with Gasteiger partial charge in [-0.25, -0.2) is 0 Å². The predicted molar refractivity (Wildman–Crippen MR) is 105 cm³/mol. The second-order valence-electron chi connectivity index (χ2n) is 7.19. The Morgan fingerprint density at radius 2 is 1.71 bits per heavy atom. The first-order chi connectivity index (χ1) is 13.6. The number of hydrogen-bond acceptors (Lipinski definition) is 7. The number of piperazine rings is 1. The average Bonchev–Trinajstić information content (AvgIpc) is 3.22. The fourth-order valence-electron chi connectivity index (χ4n) is 3.88. The summed E-state index contributed by atoms with van der Waals surface area (Å²) in [6, 6.07) is 3.94. The predicted octanol–water partition coefficient (Wildman–Crippen LogP) is 0.863. The molecule has 3 rings (SSSR count). The summed E-state index contributed by atoms with van der Waals surface area (Å²) >= 11 is 0. The van der Waals surface area contributed by atoms with Gasteiger partial charge in [0.25, 0.3) is 5.91 Å². The largest absolute Gasteiger partial charge is 0.493 e. The number of nitrogens with two attached hydrogens (primary N) is 1. The molecule has 0 bridgehead atoms. The first-order valence-corrected chi connectivity index (χ1v) is 9.75. The number of nitrogens with zero attached hydrogens (tertiary/aromatic N) is 2. The van der Waals surface area contributed by atoms with Crippen LogP contribution in [0.4, 0.5) is 0 Å². The maximum absolute atomic E-state index is 12.7. The van der Waals surface area contributed by atoms with Gasteiger partial charge < -0.3 is 29.6 Å². The molecule has 1 aromatic rings. The molecule has 2 N–H and O–H groups in total. The molecule has 0 radical (unpaired) electrons. The molecule has 2 heterocycles. The number of methoxy groups -OCH3 is 3. The van der Waals surface area contributed by atoms with E-state index in [0.29, 0.717) is 36.9 Å². The number of benzene rings is 1. The molecule has 0 spiro atoms. The molecule has 0 unspecified atom stereocenters. The van der Waals surface area contributed by atoms with E-state index in [0.717, 1.165) is 38.0 Å². The monoisotopic (exact) mass is 393 g/mol. The number of amides is 1. The lowest BCUT2D eigenvalue weighted by Crippen LogP contribution is -2.51. The molecule has 0 aliphatic carbocycles. The van der Waals surface area contributed by atoms with Crippen LogP contribution in [-0.2, 0) is 16.1 Å². The highest BCUT2D eigenvalue weighted by Gasteiger charge is 2.34. The van der Waals surface area contributed by atoms with Crippen LogP contribution in [-0.4, -0.2) is 82.0 Å². The molecule has 2 fully saturated rings. The summed E-state index contributed by atoms with van der Waals surface area (Å²) in [6.45, 7) is 4.28. The maximum Gasteiger partial charge on any atom is 0.251 e. The SMILES string of the molecule is COc1cc(CN2CCN(C(=O)[C@@H]3CC[C@H](CN)O3)CC2)cc(OC)c1OC. The maximum atomic E-state index is 12.7. The fraction of sp³-hybridized carbons (Fsp3) is 0.650. The molecule has 156 valence electrons. The molecule has 1 aromatic carbocycles. The number of hydrogen-bond donors (Lipinski definition) is 1. The van der Waals surface area contributed by atoms with Crippen LogP contribution in [0.1, 0.15) is 18.4 Å². The Morgan fingerprint density at radius 1 is 1.07 bits per heavy atom. The summed E-state index contributed by atoms with van der Waals surface area (Å²) in [6.07, 6.45) is 1.34. The van der Waals surface area contributed by atoms with Gasteiger partial charge in [0.15, 0.2) is 11.5 Å². The molecule has 0 saturated carbocycles. The lowest BCUT2D eigenvalue weighted by atomic mass is 10.1. The number of carbonyl (C=O) groups excluding carboxylic acids is 1. The molecule has 8 nitrogen and oxygen atoms in total. The van der Waals surface area contributed by atoms with E-state index >= 15 is 0 Å². The van der Waals surface area contributed by atoms with Crippen molar-refractivity contribution in [3.05, 3.63) is 17.7 Å². The molecular weight excluding hydrogens is 362 g/mol. The quantitative estimate of drug-likeness (QED) is 0.735. The van der Waals surface area contributed by atoms with E-state index in [1.165, 1.54) is 0 Å². The highest BCUT2D eigenvalue weighted by molar-refractivity contribution is 5.81.